The van der Waals surface area contributed by atoms with E-state index in [1.54, 1.807) is 0 Å². The Balaban J connectivity index is 2.34. The van der Waals surface area contributed by atoms with E-state index in [0.717, 1.165) is 12.3 Å². The molecular weight excluding hydrogens is 264 g/mol. The van der Waals surface area contributed by atoms with Crippen molar-refractivity contribution in [2.75, 3.05) is 5.73 Å². The largest absolute Gasteiger partial charge is 0.381 e. The second-order valence-electron chi connectivity index (χ2n) is 4.12. The van der Waals surface area contributed by atoms with E-state index in [9.17, 15) is 8.78 Å². The summed E-state index contributed by atoms with van der Waals surface area (Å²) in [6.45, 7) is 0. The lowest BCUT2D eigenvalue weighted by Gasteiger charge is -2.04. The van der Waals surface area contributed by atoms with Crippen molar-refractivity contribution in [1.29, 1.82) is 5.26 Å². The Morgan fingerprint density at radius 3 is 2.85 bits per heavy atom. The maximum atomic E-state index is 13.3. The van der Waals surface area contributed by atoms with Crippen LogP contribution in [0.1, 0.15) is 5.56 Å². The van der Waals surface area contributed by atoms with Crippen LogP contribution in [-0.4, -0.2) is 15.0 Å². The van der Waals surface area contributed by atoms with Crippen molar-refractivity contribution in [3.8, 4) is 17.3 Å². The van der Waals surface area contributed by atoms with Crippen LogP contribution in [0.15, 0.2) is 24.5 Å². The molecule has 20 heavy (non-hydrogen) atoms. The molecule has 0 fully saturated rings. The van der Waals surface area contributed by atoms with Crippen LogP contribution >= 0.6 is 0 Å². The molecule has 98 valence electrons. The SMILES string of the molecule is N#Cc1cc(F)c(N)nc1-c1c[nH]c2ncc(F)cc12. The van der Waals surface area contributed by atoms with Gasteiger partial charge in [0.1, 0.15) is 17.5 Å². The summed E-state index contributed by atoms with van der Waals surface area (Å²) in [5.41, 5.74) is 6.51. The lowest BCUT2D eigenvalue weighted by atomic mass is 10.1. The molecule has 0 saturated carbocycles. The number of nitriles is 1. The van der Waals surface area contributed by atoms with Gasteiger partial charge in [0.15, 0.2) is 11.6 Å². The molecule has 0 aliphatic heterocycles. The number of hydrogen-bond donors (Lipinski definition) is 2. The number of aromatic nitrogens is 3. The molecule has 3 rings (SSSR count). The third-order valence-electron chi connectivity index (χ3n) is 2.88. The molecule has 0 aromatic carbocycles. The maximum absolute atomic E-state index is 13.3. The zero-order valence-electron chi connectivity index (χ0n) is 9.98. The highest BCUT2D eigenvalue weighted by atomic mass is 19.1. The van der Waals surface area contributed by atoms with Crippen LogP contribution in [0.25, 0.3) is 22.3 Å². The number of fused-ring (bicyclic) bond motifs is 1. The number of nitrogen functional groups attached to an aromatic ring is 1. The smallest absolute Gasteiger partial charge is 0.166 e. The van der Waals surface area contributed by atoms with E-state index < -0.39 is 11.6 Å². The van der Waals surface area contributed by atoms with Crippen LogP contribution in [0, 0.1) is 23.0 Å². The molecule has 0 aliphatic rings. The predicted molar refractivity (Wildman–Crippen MR) is 68.4 cm³/mol. The summed E-state index contributed by atoms with van der Waals surface area (Å²) in [5.74, 6) is -1.61. The molecule has 3 aromatic rings. The van der Waals surface area contributed by atoms with Gasteiger partial charge in [-0.25, -0.2) is 18.7 Å². The molecule has 0 unspecified atom stereocenters. The van der Waals surface area contributed by atoms with E-state index in [0.29, 0.717) is 16.6 Å². The minimum Gasteiger partial charge on any atom is -0.381 e. The standard InChI is InChI=1S/C13H7F2N5/c14-7-2-8-9(5-19-13(8)18-4-7)11-6(3-16)1-10(15)12(17)20-11/h1-2,4-5H,(H2,17,20)(H,18,19). The Kier molecular flexibility index (Phi) is 2.57. The van der Waals surface area contributed by atoms with Crippen LogP contribution in [0.3, 0.4) is 0 Å². The minimum atomic E-state index is -0.769. The van der Waals surface area contributed by atoms with E-state index in [1.165, 1.54) is 12.3 Å². The fourth-order valence-electron chi connectivity index (χ4n) is 1.97. The molecule has 0 amide bonds. The van der Waals surface area contributed by atoms with Gasteiger partial charge in [0.25, 0.3) is 0 Å². The van der Waals surface area contributed by atoms with Gasteiger partial charge < -0.3 is 10.7 Å². The summed E-state index contributed by atoms with van der Waals surface area (Å²) < 4.78 is 26.6. The number of pyridine rings is 2. The van der Waals surface area contributed by atoms with Gasteiger partial charge in [-0.2, -0.15) is 5.26 Å². The quantitative estimate of drug-likeness (QED) is 0.710. The van der Waals surface area contributed by atoms with Crippen LogP contribution in [0.4, 0.5) is 14.6 Å². The molecule has 7 heteroatoms. The van der Waals surface area contributed by atoms with Crippen LogP contribution < -0.4 is 5.73 Å². The summed E-state index contributed by atoms with van der Waals surface area (Å²) in [4.78, 5) is 10.6. The number of halogens is 2. The molecule has 0 saturated heterocycles. The summed E-state index contributed by atoms with van der Waals surface area (Å²) in [7, 11) is 0. The number of anilines is 1. The molecule has 3 heterocycles. The van der Waals surface area contributed by atoms with Gasteiger partial charge in [0.2, 0.25) is 0 Å². The van der Waals surface area contributed by atoms with Gasteiger partial charge in [-0.3, -0.25) is 0 Å². The topological polar surface area (TPSA) is 91.4 Å². The molecule has 3 N–H and O–H groups in total. The fourth-order valence-corrected chi connectivity index (χ4v) is 1.97. The highest BCUT2D eigenvalue weighted by Gasteiger charge is 2.16. The lowest BCUT2D eigenvalue weighted by Crippen LogP contribution is -1.99. The Morgan fingerprint density at radius 2 is 2.10 bits per heavy atom. The van der Waals surface area contributed by atoms with Crippen molar-refractivity contribution in [2.24, 2.45) is 0 Å². The third-order valence-corrected chi connectivity index (χ3v) is 2.88. The number of hydrogen-bond acceptors (Lipinski definition) is 4. The van der Waals surface area contributed by atoms with E-state index in [4.69, 9.17) is 11.0 Å². The summed E-state index contributed by atoms with van der Waals surface area (Å²) in [6, 6.07) is 4.11. The number of nitrogens with one attached hydrogen (secondary N) is 1. The average Bonchev–Trinajstić information content (AvgIpc) is 2.84. The number of aromatic amines is 1. The molecule has 3 aromatic heterocycles. The fraction of sp³-hybridized carbons (Fsp3) is 0. The maximum Gasteiger partial charge on any atom is 0.166 e. The Morgan fingerprint density at radius 1 is 1.30 bits per heavy atom. The number of H-pyrrole nitrogens is 1. The lowest BCUT2D eigenvalue weighted by molar-refractivity contribution is 0.624. The Labute approximate surface area is 111 Å². The highest BCUT2D eigenvalue weighted by molar-refractivity contribution is 5.94. The zero-order valence-corrected chi connectivity index (χ0v) is 9.98. The molecule has 0 spiro atoms. The first-order valence-corrected chi connectivity index (χ1v) is 5.59. The summed E-state index contributed by atoms with van der Waals surface area (Å²) in [5, 5.41) is 9.51. The monoisotopic (exact) mass is 271 g/mol. The molecule has 5 nitrogen and oxygen atoms in total. The molecule has 0 radical (unpaired) electrons. The predicted octanol–water partition coefficient (Wildman–Crippen LogP) is 2.36. The number of nitrogens with two attached hydrogens (primary N) is 1. The van der Waals surface area contributed by atoms with E-state index >= 15 is 0 Å². The molecule has 0 aliphatic carbocycles. The molecule has 0 atom stereocenters. The molecular formula is C13H7F2N5. The van der Waals surface area contributed by atoms with Gasteiger partial charge in [-0.1, -0.05) is 0 Å². The second kappa shape index (κ2) is 4.28. The van der Waals surface area contributed by atoms with Crippen LogP contribution in [0.5, 0.6) is 0 Å². The highest BCUT2D eigenvalue weighted by Crippen LogP contribution is 2.30. The second-order valence-corrected chi connectivity index (χ2v) is 4.12. The molecule has 0 bridgehead atoms. The van der Waals surface area contributed by atoms with Crippen LogP contribution in [0.2, 0.25) is 0 Å². The van der Waals surface area contributed by atoms with E-state index in [1.807, 2.05) is 6.07 Å². The van der Waals surface area contributed by atoms with Gasteiger partial charge in [-0.15, -0.1) is 0 Å². The van der Waals surface area contributed by atoms with Gasteiger partial charge in [-0.05, 0) is 12.1 Å². The first-order valence-electron chi connectivity index (χ1n) is 5.59. The van der Waals surface area contributed by atoms with E-state index in [-0.39, 0.29) is 17.1 Å². The van der Waals surface area contributed by atoms with Gasteiger partial charge >= 0.3 is 0 Å². The Bertz CT molecular complexity index is 863. The van der Waals surface area contributed by atoms with Crippen molar-refractivity contribution < 1.29 is 8.78 Å². The van der Waals surface area contributed by atoms with Crippen molar-refractivity contribution in [3.05, 3.63) is 41.7 Å². The van der Waals surface area contributed by atoms with E-state index in [2.05, 4.69) is 15.0 Å². The van der Waals surface area contributed by atoms with Crippen molar-refractivity contribution in [1.82, 2.24) is 15.0 Å². The third kappa shape index (κ3) is 1.75. The van der Waals surface area contributed by atoms with Crippen molar-refractivity contribution in [2.45, 2.75) is 0 Å². The average molecular weight is 271 g/mol. The first-order chi connectivity index (χ1) is 9.60. The Hall–Kier alpha value is -3.01. The zero-order chi connectivity index (χ0) is 14.3. The summed E-state index contributed by atoms with van der Waals surface area (Å²) in [6.07, 6.45) is 2.60. The first kappa shape index (κ1) is 12.0. The van der Waals surface area contributed by atoms with Gasteiger partial charge in [0, 0.05) is 17.1 Å². The van der Waals surface area contributed by atoms with Crippen LogP contribution in [-0.2, 0) is 0 Å². The summed E-state index contributed by atoms with van der Waals surface area (Å²) >= 11 is 0. The normalized spacial score (nSPS) is 10.7. The minimum absolute atomic E-state index is 0.0156. The van der Waals surface area contributed by atoms with Crippen molar-refractivity contribution in [3.63, 3.8) is 0 Å². The van der Waals surface area contributed by atoms with Crippen molar-refractivity contribution >= 4 is 16.9 Å². The van der Waals surface area contributed by atoms with Gasteiger partial charge in [0.05, 0.1) is 17.5 Å². The number of rotatable bonds is 1. The number of nitrogens with zero attached hydrogens (tertiary/aromatic N) is 3.